The Kier molecular flexibility index (Phi) is 5.50. The van der Waals surface area contributed by atoms with Gasteiger partial charge in [0, 0.05) is 32.9 Å². The van der Waals surface area contributed by atoms with Crippen molar-refractivity contribution in [1.29, 1.82) is 0 Å². The molecule has 2 aliphatic rings. The SMILES string of the molecule is COC1CC(C(=O)O)N(C(=O)C2=NN(Cc3ccc(F)cc3)C(=O)CC2)C1. The lowest BCUT2D eigenvalue weighted by Crippen LogP contribution is -2.46. The highest BCUT2D eigenvalue weighted by atomic mass is 19.1. The Labute approximate surface area is 155 Å². The predicted molar refractivity (Wildman–Crippen MR) is 92.2 cm³/mol. The number of hydrazone groups is 1. The fraction of sp³-hybridized carbons (Fsp3) is 0.444. The van der Waals surface area contributed by atoms with Crippen molar-refractivity contribution in [3.63, 3.8) is 0 Å². The highest BCUT2D eigenvalue weighted by Crippen LogP contribution is 2.23. The third kappa shape index (κ3) is 4.13. The molecule has 0 aliphatic carbocycles. The van der Waals surface area contributed by atoms with E-state index in [1.54, 1.807) is 12.1 Å². The van der Waals surface area contributed by atoms with E-state index in [-0.39, 0.29) is 55.9 Å². The van der Waals surface area contributed by atoms with Gasteiger partial charge in [0.05, 0.1) is 12.6 Å². The summed E-state index contributed by atoms with van der Waals surface area (Å²) >= 11 is 0. The van der Waals surface area contributed by atoms with Crippen LogP contribution in [-0.2, 0) is 25.7 Å². The summed E-state index contributed by atoms with van der Waals surface area (Å²) in [6.45, 7) is 0.274. The molecule has 2 aliphatic heterocycles. The zero-order chi connectivity index (χ0) is 19.6. The van der Waals surface area contributed by atoms with E-state index >= 15 is 0 Å². The summed E-state index contributed by atoms with van der Waals surface area (Å²) in [4.78, 5) is 37.6. The quantitative estimate of drug-likeness (QED) is 0.825. The predicted octanol–water partition coefficient (Wildman–Crippen LogP) is 1.00. The number of amides is 2. The van der Waals surface area contributed by atoms with E-state index in [1.807, 2.05) is 0 Å². The van der Waals surface area contributed by atoms with E-state index in [1.165, 1.54) is 29.2 Å². The lowest BCUT2D eigenvalue weighted by Gasteiger charge is -2.27. The molecule has 27 heavy (non-hydrogen) atoms. The van der Waals surface area contributed by atoms with Crippen LogP contribution in [-0.4, -0.2) is 64.3 Å². The summed E-state index contributed by atoms with van der Waals surface area (Å²) < 4.78 is 18.2. The number of benzene rings is 1. The molecule has 144 valence electrons. The standard InChI is InChI=1S/C18H20FN3O5/c1-27-13-8-15(18(25)26)21(10-13)17(24)14-6-7-16(23)22(20-14)9-11-2-4-12(19)5-3-11/h2-5,13,15H,6-10H2,1H3,(H,25,26). The summed E-state index contributed by atoms with van der Waals surface area (Å²) in [5, 5.41) is 14.7. The van der Waals surface area contributed by atoms with Crippen molar-refractivity contribution < 1.29 is 28.6 Å². The Balaban J connectivity index is 1.78. The summed E-state index contributed by atoms with van der Waals surface area (Å²) in [6.07, 6.45) is 0.114. The summed E-state index contributed by atoms with van der Waals surface area (Å²) in [5.74, 6) is -2.23. The Morgan fingerprint density at radius 3 is 2.63 bits per heavy atom. The fourth-order valence-electron chi connectivity index (χ4n) is 3.23. The van der Waals surface area contributed by atoms with Gasteiger partial charge in [-0.1, -0.05) is 12.1 Å². The second-order valence-electron chi connectivity index (χ2n) is 6.53. The lowest BCUT2D eigenvalue weighted by molar-refractivity contribution is -0.146. The molecule has 1 fully saturated rings. The van der Waals surface area contributed by atoms with Crippen molar-refractivity contribution in [2.24, 2.45) is 5.10 Å². The number of carboxylic acid groups (broad SMARTS) is 1. The molecule has 9 heteroatoms. The number of aliphatic carboxylic acids is 1. The molecule has 3 rings (SSSR count). The van der Waals surface area contributed by atoms with Gasteiger partial charge in [0.25, 0.3) is 5.91 Å². The van der Waals surface area contributed by atoms with Crippen LogP contribution in [0.5, 0.6) is 0 Å². The Morgan fingerprint density at radius 1 is 1.30 bits per heavy atom. The largest absolute Gasteiger partial charge is 0.480 e. The minimum Gasteiger partial charge on any atom is -0.480 e. The molecule has 1 aromatic rings. The molecule has 0 bridgehead atoms. The average Bonchev–Trinajstić information content (AvgIpc) is 3.09. The molecule has 2 atom stereocenters. The van der Waals surface area contributed by atoms with E-state index in [2.05, 4.69) is 5.10 Å². The number of likely N-dealkylation sites (tertiary alicyclic amines) is 1. The zero-order valence-corrected chi connectivity index (χ0v) is 14.8. The van der Waals surface area contributed by atoms with Crippen molar-refractivity contribution in [3.05, 3.63) is 35.6 Å². The van der Waals surface area contributed by atoms with Gasteiger partial charge in [-0.05, 0) is 17.7 Å². The number of methoxy groups -OCH3 is 1. The molecule has 8 nitrogen and oxygen atoms in total. The highest BCUT2D eigenvalue weighted by molar-refractivity contribution is 6.39. The van der Waals surface area contributed by atoms with Crippen LogP contribution in [0.25, 0.3) is 0 Å². The first-order valence-corrected chi connectivity index (χ1v) is 8.58. The molecule has 0 radical (unpaired) electrons. The number of nitrogens with zero attached hydrogens (tertiary/aromatic N) is 3. The molecular weight excluding hydrogens is 357 g/mol. The van der Waals surface area contributed by atoms with E-state index in [0.29, 0.717) is 5.56 Å². The van der Waals surface area contributed by atoms with Crippen LogP contribution in [0.3, 0.4) is 0 Å². The van der Waals surface area contributed by atoms with Crippen molar-refractivity contribution >= 4 is 23.5 Å². The Bertz CT molecular complexity index is 780. The van der Waals surface area contributed by atoms with Crippen LogP contribution < -0.4 is 0 Å². The summed E-state index contributed by atoms with van der Waals surface area (Å²) in [5.41, 5.74) is 0.811. The van der Waals surface area contributed by atoms with Gasteiger partial charge in [0.1, 0.15) is 17.6 Å². The van der Waals surface area contributed by atoms with Crippen LogP contribution in [0, 0.1) is 5.82 Å². The summed E-state index contributed by atoms with van der Waals surface area (Å²) in [6, 6.07) is 4.67. The molecule has 1 saturated heterocycles. The second kappa shape index (κ2) is 7.83. The minimum atomic E-state index is -1.10. The van der Waals surface area contributed by atoms with Gasteiger partial charge in [0.2, 0.25) is 5.91 Å². The van der Waals surface area contributed by atoms with Crippen molar-refractivity contribution in [3.8, 4) is 0 Å². The fourth-order valence-corrected chi connectivity index (χ4v) is 3.23. The monoisotopic (exact) mass is 377 g/mol. The maximum absolute atomic E-state index is 13.0. The average molecular weight is 377 g/mol. The van der Waals surface area contributed by atoms with Gasteiger partial charge in [-0.2, -0.15) is 5.10 Å². The van der Waals surface area contributed by atoms with Crippen LogP contribution in [0.1, 0.15) is 24.8 Å². The molecule has 0 saturated carbocycles. The number of rotatable bonds is 5. The number of carbonyl (C=O) groups excluding carboxylic acids is 2. The molecule has 1 N–H and O–H groups in total. The van der Waals surface area contributed by atoms with Gasteiger partial charge in [-0.25, -0.2) is 14.2 Å². The van der Waals surface area contributed by atoms with Gasteiger partial charge in [-0.15, -0.1) is 0 Å². The second-order valence-corrected chi connectivity index (χ2v) is 6.53. The number of hydrogen-bond acceptors (Lipinski definition) is 5. The number of ether oxygens (including phenoxy) is 1. The van der Waals surface area contributed by atoms with E-state index < -0.39 is 17.9 Å². The normalized spacial score (nSPS) is 22.7. The number of hydrogen-bond donors (Lipinski definition) is 1. The molecule has 0 aromatic heterocycles. The van der Waals surface area contributed by atoms with E-state index in [0.717, 1.165) is 0 Å². The first kappa shape index (κ1) is 19.0. The number of carbonyl (C=O) groups is 3. The molecule has 2 unspecified atom stereocenters. The van der Waals surface area contributed by atoms with Crippen LogP contribution in [0.2, 0.25) is 0 Å². The topological polar surface area (TPSA) is 99.5 Å². The molecule has 2 heterocycles. The molecule has 2 amide bonds. The van der Waals surface area contributed by atoms with E-state index in [4.69, 9.17) is 4.74 Å². The van der Waals surface area contributed by atoms with Gasteiger partial charge >= 0.3 is 5.97 Å². The Hall–Kier alpha value is -2.81. The van der Waals surface area contributed by atoms with Crippen molar-refractivity contribution in [2.45, 2.75) is 38.0 Å². The van der Waals surface area contributed by atoms with Crippen LogP contribution in [0.4, 0.5) is 4.39 Å². The van der Waals surface area contributed by atoms with Gasteiger partial charge in [0.15, 0.2) is 0 Å². The molecule has 0 spiro atoms. The van der Waals surface area contributed by atoms with Crippen LogP contribution in [0.15, 0.2) is 29.4 Å². The first-order chi connectivity index (χ1) is 12.9. The molecular formula is C18H20FN3O5. The van der Waals surface area contributed by atoms with Crippen molar-refractivity contribution in [1.82, 2.24) is 9.91 Å². The lowest BCUT2D eigenvalue weighted by atomic mass is 10.1. The van der Waals surface area contributed by atoms with Crippen molar-refractivity contribution in [2.75, 3.05) is 13.7 Å². The Morgan fingerprint density at radius 2 is 2.00 bits per heavy atom. The third-order valence-corrected chi connectivity index (χ3v) is 4.74. The summed E-state index contributed by atoms with van der Waals surface area (Å²) in [7, 11) is 1.47. The van der Waals surface area contributed by atoms with E-state index in [9.17, 15) is 23.9 Å². The number of carboxylic acids is 1. The minimum absolute atomic E-state index is 0.102. The maximum atomic E-state index is 13.0. The van der Waals surface area contributed by atoms with Gasteiger partial charge in [-0.3, -0.25) is 9.59 Å². The first-order valence-electron chi connectivity index (χ1n) is 8.58. The zero-order valence-electron chi connectivity index (χ0n) is 14.8. The maximum Gasteiger partial charge on any atom is 0.326 e. The third-order valence-electron chi connectivity index (χ3n) is 4.74. The molecule has 1 aromatic carbocycles. The smallest absolute Gasteiger partial charge is 0.326 e. The van der Waals surface area contributed by atoms with Crippen LogP contribution >= 0.6 is 0 Å². The number of halogens is 1. The highest BCUT2D eigenvalue weighted by Gasteiger charge is 2.41. The van der Waals surface area contributed by atoms with Gasteiger partial charge < -0.3 is 14.7 Å².